The number of halogens is 3. The molecule has 1 heterocycles. The zero-order chi connectivity index (χ0) is 19.1. The topological polar surface area (TPSA) is 26.3 Å². The lowest BCUT2D eigenvalue weighted by Crippen LogP contribution is -2.50. The van der Waals surface area contributed by atoms with Crippen molar-refractivity contribution in [3.05, 3.63) is 95.6 Å². The van der Waals surface area contributed by atoms with Gasteiger partial charge in [0, 0.05) is 12.0 Å². The molecule has 0 spiro atoms. The fraction of sp³-hybridized carbons (Fsp3) is 0.136. The predicted molar refractivity (Wildman–Crippen MR) is 95.2 cm³/mol. The molecule has 1 aliphatic heterocycles. The van der Waals surface area contributed by atoms with Crippen molar-refractivity contribution >= 4 is 5.97 Å². The Morgan fingerprint density at radius 1 is 0.815 bits per heavy atom. The van der Waals surface area contributed by atoms with Crippen LogP contribution >= 0.6 is 0 Å². The summed E-state index contributed by atoms with van der Waals surface area (Å²) in [7, 11) is 0. The van der Waals surface area contributed by atoms with Gasteiger partial charge in [0.25, 0.3) is 0 Å². The minimum absolute atomic E-state index is 0.0818. The number of benzene rings is 3. The molecule has 0 N–H and O–H groups in total. The van der Waals surface area contributed by atoms with E-state index in [-0.39, 0.29) is 11.1 Å². The Balaban J connectivity index is 1.86. The summed E-state index contributed by atoms with van der Waals surface area (Å²) in [5.41, 5.74) is -0.640. The summed E-state index contributed by atoms with van der Waals surface area (Å²) in [6, 6.07) is 21.5. The number of fused-ring (bicyclic) bond motifs is 1. The van der Waals surface area contributed by atoms with E-state index in [1.807, 2.05) is 30.3 Å². The molecule has 0 aromatic heterocycles. The maximum absolute atomic E-state index is 14.1. The monoisotopic (exact) mass is 368 g/mol. The third-order valence-electron chi connectivity index (χ3n) is 4.84. The lowest BCUT2D eigenvalue weighted by Gasteiger charge is -2.39. The zero-order valence-corrected chi connectivity index (χ0v) is 14.2. The van der Waals surface area contributed by atoms with Crippen molar-refractivity contribution in [3.8, 4) is 11.1 Å². The predicted octanol–water partition coefficient (Wildman–Crippen LogP) is 5.52. The van der Waals surface area contributed by atoms with Gasteiger partial charge in [-0.3, -0.25) is 0 Å². The van der Waals surface area contributed by atoms with Gasteiger partial charge in [-0.2, -0.15) is 13.2 Å². The highest BCUT2D eigenvalue weighted by molar-refractivity contribution is 5.93. The molecule has 0 bridgehead atoms. The second kappa shape index (κ2) is 6.27. The van der Waals surface area contributed by atoms with E-state index in [0.717, 1.165) is 11.1 Å². The molecule has 136 valence electrons. The van der Waals surface area contributed by atoms with Crippen LogP contribution in [0.5, 0.6) is 0 Å². The largest absolute Gasteiger partial charge is 0.440 e. The first-order valence-corrected chi connectivity index (χ1v) is 8.45. The number of ether oxygens (including phenoxy) is 1. The Kier molecular flexibility index (Phi) is 4.02. The molecule has 0 amide bonds. The second-order valence-electron chi connectivity index (χ2n) is 6.50. The van der Waals surface area contributed by atoms with Crippen molar-refractivity contribution in [2.75, 3.05) is 0 Å². The van der Waals surface area contributed by atoms with Crippen LogP contribution in [0.2, 0.25) is 0 Å². The number of rotatable bonds is 2. The SMILES string of the molecule is O=C1O[C@@](c2ccccc2)(C(F)(F)F)Cc2cc(-c3ccccc3)ccc21. The summed E-state index contributed by atoms with van der Waals surface area (Å²) in [6.07, 6.45) is -5.20. The van der Waals surface area contributed by atoms with Crippen molar-refractivity contribution in [3.63, 3.8) is 0 Å². The summed E-state index contributed by atoms with van der Waals surface area (Å²) in [5.74, 6) is -0.961. The van der Waals surface area contributed by atoms with Gasteiger partial charge in [-0.15, -0.1) is 0 Å². The van der Waals surface area contributed by atoms with E-state index in [0.29, 0.717) is 5.56 Å². The van der Waals surface area contributed by atoms with Gasteiger partial charge in [-0.1, -0.05) is 72.8 Å². The van der Waals surface area contributed by atoms with Gasteiger partial charge in [0.05, 0.1) is 5.56 Å². The van der Waals surface area contributed by atoms with Crippen LogP contribution in [-0.4, -0.2) is 12.1 Å². The summed E-state index contributed by atoms with van der Waals surface area (Å²) < 4.78 is 47.3. The van der Waals surface area contributed by atoms with Gasteiger partial charge in [-0.25, -0.2) is 4.79 Å². The van der Waals surface area contributed by atoms with Crippen LogP contribution in [0.4, 0.5) is 13.2 Å². The first-order valence-electron chi connectivity index (χ1n) is 8.45. The lowest BCUT2D eigenvalue weighted by atomic mass is 9.81. The summed E-state index contributed by atoms with van der Waals surface area (Å²) in [6.45, 7) is 0. The Labute approximate surface area is 154 Å². The lowest BCUT2D eigenvalue weighted by molar-refractivity contribution is -0.267. The van der Waals surface area contributed by atoms with E-state index in [9.17, 15) is 18.0 Å². The van der Waals surface area contributed by atoms with Crippen molar-refractivity contribution in [2.45, 2.75) is 18.2 Å². The number of hydrogen-bond acceptors (Lipinski definition) is 2. The molecular weight excluding hydrogens is 353 g/mol. The number of cyclic esters (lactones) is 1. The molecule has 5 heteroatoms. The van der Waals surface area contributed by atoms with Gasteiger partial charge < -0.3 is 4.74 Å². The summed E-state index contributed by atoms with van der Waals surface area (Å²) in [4.78, 5) is 12.4. The van der Waals surface area contributed by atoms with Crippen molar-refractivity contribution < 1.29 is 22.7 Å². The molecule has 1 aliphatic rings. The van der Waals surface area contributed by atoms with E-state index in [4.69, 9.17) is 4.74 Å². The average Bonchev–Trinajstić information content (AvgIpc) is 2.68. The van der Waals surface area contributed by atoms with Crippen LogP contribution in [0.25, 0.3) is 11.1 Å². The van der Waals surface area contributed by atoms with Gasteiger partial charge >= 0.3 is 12.1 Å². The van der Waals surface area contributed by atoms with Gasteiger partial charge in [0.15, 0.2) is 0 Å². The molecule has 0 unspecified atom stereocenters. The number of esters is 1. The first-order chi connectivity index (χ1) is 12.9. The van der Waals surface area contributed by atoms with E-state index >= 15 is 0 Å². The molecule has 4 rings (SSSR count). The maximum Gasteiger partial charge on any atom is 0.433 e. The van der Waals surface area contributed by atoms with Crippen LogP contribution in [0.3, 0.4) is 0 Å². The molecule has 1 atom stereocenters. The van der Waals surface area contributed by atoms with E-state index < -0.39 is 24.2 Å². The van der Waals surface area contributed by atoms with E-state index in [1.165, 1.54) is 30.3 Å². The Morgan fingerprint density at radius 3 is 2.07 bits per heavy atom. The number of hydrogen-bond donors (Lipinski definition) is 0. The molecule has 0 radical (unpaired) electrons. The number of carbonyl (C=O) groups excluding carboxylic acids is 1. The molecule has 2 nitrogen and oxygen atoms in total. The van der Waals surface area contributed by atoms with Gasteiger partial charge in [-0.05, 0) is 22.8 Å². The fourth-order valence-corrected chi connectivity index (χ4v) is 3.46. The van der Waals surface area contributed by atoms with Crippen LogP contribution in [0.1, 0.15) is 21.5 Å². The fourth-order valence-electron chi connectivity index (χ4n) is 3.46. The molecule has 0 saturated carbocycles. The van der Waals surface area contributed by atoms with Gasteiger partial charge in [0.1, 0.15) is 0 Å². The van der Waals surface area contributed by atoms with Crippen molar-refractivity contribution in [2.24, 2.45) is 0 Å². The maximum atomic E-state index is 14.1. The minimum atomic E-state index is -4.75. The van der Waals surface area contributed by atoms with E-state index in [2.05, 4.69) is 0 Å². The van der Waals surface area contributed by atoms with Crippen LogP contribution in [0.15, 0.2) is 78.9 Å². The standard InChI is InChI=1S/C22H15F3O2/c23-22(24,25)21(18-9-5-2-6-10-18)14-17-13-16(15-7-3-1-4-8-15)11-12-19(17)20(26)27-21/h1-13H,14H2/t21-/m0/s1. The molecule has 0 aliphatic carbocycles. The normalized spacial score (nSPS) is 19.3. The Bertz CT molecular complexity index is 981. The van der Waals surface area contributed by atoms with E-state index in [1.54, 1.807) is 18.2 Å². The quantitative estimate of drug-likeness (QED) is 0.557. The van der Waals surface area contributed by atoms with Crippen LogP contribution in [-0.2, 0) is 16.8 Å². The van der Waals surface area contributed by atoms with Crippen LogP contribution in [0, 0.1) is 0 Å². The Hall–Kier alpha value is -3.08. The third kappa shape index (κ3) is 2.89. The molecule has 3 aromatic carbocycles. The number of carbonyl (C=O) groups is 1. The highest BCUT2D eigenvalue weighted by Crippen LogP contribution is 2.48. The molecule has 0 fully saturated rings. The molecular formula is C22H15F3O2. The zero-order valence-electron chi connectivity index (χ0n) is 14.2. The Morgan fingerprint density at radius 2 is 1.44 bits per heavy atom. The molecule has 27 heavy (non-hydrogen) atoms. The highest BCUT2D eigenvalue weighted by atomic mass is 19.4. The number of alkyl halides is 3. The third-order valence-corrected chi connectivity index (χ3v) is 4.84. The van der Waals surface area contributed by atoms with Crippen LogP contribution < -0.4 is 0 Å². The first kappa shape index (κ1) is 17.3. The van der Waals surface area contributed by atoms with Gasteiger partial charge in [0.2, 0.25) is 5.60 Å². The molecule has 0 saturated heterocycles. The average molecular weight is 368 g/mol. The summed E-state index contributed by atoms with van der Waals surface area (Å²) >= 11 is 0. The highest BCUT2D eigenvalue weighted by Gasteiger charge is 2.61. The minimum Gasteiger partial charge on any atom is -0.440 e. The summed E-state index contributed by atoms with van der Waals surface area (Å²) in [5, 5.41) is 0. The van der Waals surface area contributed by atoms with Crippen molar-refractivity contribution in [1.82, 2.24) is 0 Å². The van der Waals surface area contributed by atoms with Crippen molar-refractivity contribution in [1.29, 1.82) is 0 Å². The smallest absolute Gasteiger partial charge is 0.433 e. The molecule has 3 aromatic rings. The second-order valence-corrected chi connectivity index (χ2v) is 6.50.